The van der Waals surface area contributed by atoms with Gasteiger partial charge in [0.2, 0.25) is 5.91 Å². The van der Waals surface area contributed by atoms with Crippen molar-refractivity contribution in [1.82, 2.24) is 10.2 Å². The highest BCUT2D eigenvalue weighted by Gasteiger charge is 2.34. The van der Waals surface area contributed by atoms with Crippen LogP contribution in [-0.4, -0.2) is 43.4 Å². The average molecular weight is 422 g/mol. The van der Waals surface area contributed by atoms with Crippen molar-refractivity contribution in [1.29, 1.82) is 0 Å². The van der Waals surface area contributed by atoms with Gasteiger partial charge in [0, 0.05) is 38.3 Å². The fourth-order valence-corrected chi connectivity index (χ4v) is 2.43. The van der Waals surface area contributed by atoms with Crippen LogP contribution in [0.1, 0.15) is 22.3 Å². The maximum absolute atomic E-state index is 13.5. The van der Waals surface area contributed by atoms with Crippen molar-refractivity contribution in [2.24, 2.45) is 0 Å². The van der Waals surface area contributed by atoms with Crippen LogP contribution in [0.3, 0.4) is 0 Å². The van der Waals surface area contributed by atoms with Crippen molar-refractivity contribution in [3.8, 4) is 0 Å². The third kappa shape index (κ3) is 6.50. The lowest BCUT2D eigenvalue weighted by molar-refractivity contribution is -0.136. The molecule has 160 valence electrons. The first-order chi connectivity index (χ1) is 14.1. The smallest absolute Gasteiger partial charge is 0.349 e. The highest BCUT2D eigenvalue weighted by atomic mass is 19.4. The topological polar surface area (TPSA) is 90.5 Å². The summed E-state index contributed by atoms with van der Waals surface area (Å²) < 4.78 is 40.4. The van der Waals surface area contributed by atoms with Gasteiger partial charge in [0.15, 0.2) is 0 Å². The Morgan fingerprint density at radius 2 is 1.63 bits per heavy atom. The fraction of sp³-hybridized carbons (Fsp3) is 0.250. The van der Waals surface area contributed by atoms with Gasteiger partial charge in [0.1, 0.15) is 0 Å². The molecular weight excluding hydrogens is 401 g/mol. The Hall–Kier alpha value is -3.56. The molecule has 4 amide bonds. The molecule has 2 rings (SSSR count). The van der Waals surface area contributed by atoms with Gasteiger partial charge in [-0.3, -0.25) is 9.59 Å². The monoisotopic (exact) mass is 422 g/mol. The first-order valence-electron chi connectivity index (χ1n) is 8.90. The quantitative estimate of drug-likeness (QED) is 0.665. The van der Waals surface area contributed by atoms with Gasteiger partial charge in [-0.2, -0.15) is 13.2 Å². The summed E-state index contributed by atoms with van der Waals surface area (Å²) in [5.41, 5.74) is -1.37. The van der Waals surface area contributed by atoms with Gasteiger partial charge in [0.25, 0.3) is 5.91 Å². The Morgan fingerprint density at radius 3 is 2.23 bits per heavy atom. The summed E-state index contributed by atoms with van der Waals surface area (Å²) >= 11 is 0. The van der Waals surface area contributed by atoms with E-state index in [-0.39, 0.29) is 24.6 Å². The maximum Gasteiger partial charge on any atom is 0.418 e. The molecule has 0 fully saturated rings. The number of rotatable bonds is 6. The van der Waals surface area contributed by atoms with E-state index >= 15 is 0 Å². The zero-order chi connectivity index (χ0) is 22.3. The van der Waals surface area contributed by atoms with Gasteiger partial charge in [-0.05, 0) is 30.3 Å². The molecule has 0 radical (unpaired) electrons. The number of hydrogen-bond acceptors (Lipinski definition) is 3. The third-order valence-corrected chi connectivity index (χ3v) is 3.99. The van der Waals surface area contributed by atoms with Crippen molar-refractivity contribution in [3.63, 3.8) is 0 Å². The van der Waals surface area contributed by atoms with Crippen LogP contribution in [0.25, 0.3) is 0 Å². The molecule has 0 aliphatic rings. The molecule has 2 aromatic rings. The zero-order valence-corrected chi connectivity index (χ0v) is 16.3. The molecule has 10 heteroatoms. The molecular formula is C20H21F3N4O3. The molecule has 7 nitrogen and oxygen atoms in total. The van der Waals surface area contributed by atoms with E-state index in [1.165, 1.54) is 23.1 Å². The minimum Gasteiger partial charge on any atom is -0.349 e. The van der Waals surface area contributed by atoms with E-state index in [1.54, 1.807) is 32.3 Å². The van der Waals surface area contributed by atoms with Crippen LogP contribution in [0.4, 0.5) is 29.3 Å². The molecule has 0 saturated heterocycles. The molecule has 0 saturated carbocycles. The van der Waals surface area contributed by atoms with E-state index in [2.05, 4.69) is 16.0 Å². The Labute approximate surface area is 171 Å². The molecule has 0 unspecified atom stereocenters. The maximum atomic E-state index is 13.5. The first kappa shape index (κ1) is 22.7. The Balaban J connectivity index is 2.10. The third-order valence-electron chi connectivity index (χ3n) is 3.99. The molecule has 0 spiro atoms. The summed E-state index contributed by atoms with van der Waals surface area (Å²) in [5, 5.41) is 6.85. The number of alkyl halides is 3. The highest BCUT2D eigenvalue weighted by Crippen LogP contribution is 2.36. The predicted octanol–water partition coefficient (Wildman–Crippen LogP) is 3.56. The molecule has 0 bridgehead atoms. The van der Waals surface area contributed by atoms with E-state index in [9.17, 15) is 27.6 Å². The van der Waals surface area contributed by atoms with Gasteiger partial charge in [0.05, 0.1) is 11.3 Å². The Bertz CT molecular complexity index is 915. The number of hydrogen-bond donors (Lipinski definition) is 3. The fourth-order valence-electron chi connectivity index (χ4n) is 2.43. The predicted molar refractivity (Wildman–Crippen MR) is 106 cm³/mol. The van der Waals surface area contributed by atoms with Gasteiger partial charge in [-0.1, -0.05) is 18.2 Å². The van der Waals surface area contributed by atoms with Crippen LogP contribution in [0.15, 0.2) is 48.5 Å². The minimum atomic E-state index is -4.77. The van der Waals surface area contributed by atoms with Crippen molar-refractivity contribution < 1.29 is 27.6 Å². The lowest BCUT2D eigenvalue weighted by Gasteiger charge is -2.16. The number of amides is 4. The standard InChI is InChI=1S/C20H21F3N4O3/c1-27(2)17(28)10-11-24-19(30)26-16-9-8-14(12-15(16)20(21,22)23)25-18(29)13-6-4-3-5-7-13/h3-9,12H,10-11H2,1-2H3,(H,25,29)(H2,24,26,30). The Morgan fingerprint density at radius 1 is 0.967 bits per heavy atom. The van der Waals surface area contributed by atoms with E-state index in [0.717, 1.165) is 12.1 Å². The molecule has 0 heterocycles. The van der Waals surface area contributed by atoms with Crippen LogP contribution in [0, 0.1) is 0 Å². The number of urea groups is 1. The molecule has 2 aromatic carbocycles. The second-order valence-electron chi connectivity index (χ2n) is 6.50. The zero-order valence-electron chi connectivity index (χ0n) is 16.3. The molecule has 3 N–H and O–H groups in total. The van der Waals surface area contributed by atoms with E-state index in [4.69, 9.17) is 0 Å². The molecule has 0 aromatic heterocycles. The summed E-state index contributed by atoms with van der Waals surface area (Å²) in [6, 6.07) is 10.2. The van der Waals surface area contributed by atoms with Crippen molar-refractivity contribution >= 4 is 29.2 Å². The van der Waals surface area contributed by atoms with Crippen LogP contribution in [0.5, 0.6) is 0 Å². The second-order valence-corrected chi connectivity index (χ2v) is 6.50. The summed E-state index contributed by atoms with van der Waals surface area (Å²) in [4.78, 5) is 36.9. The Kier molecular flexibility index (Phi) is 7.40. The van der Waals surface area contributed by atoms with Crippen LogP contribution in [-0.2, 0) is 11.0 Å². The number of anilines is 2. The summed E-state index contributed by atoms with van der Waals surface area (Å²) in [7, 11) is 3.10. The number of carbonyl (C=O) groups is 3. The van der Waals surface area contributed by atoms with Gasteiger partial charge >= 0.3 is 12.2 Å². The van der Waals surface area contributed by atoms with Crippen molar-refractivity contribution in [2.75, 3.05) is 31.3 Å². The summed E-state index contributed by atoms with van der Waals surface area (Å²) in [5.74, 6) is -0.794. The number of nitrogens with one attached hydrogen (secondary N) is 3. The summed E-state index contributed by atoms with van der Waals surface area (Å²) in [6.45, 7) is -0.0323. The van der Waals surface area contributed by atoms with Gasteiger partial charge in [-0.25, -0.2) is 4.79 Å². The van der Waals surface area contributed by atoms with E-state index in [0.29, 0.717) is 5.56 Å². The lowest BCUT2D eigenvalue weighted by Crippen LogP contribution is -2.33. The van der Waals surface area contributed by atoms with E-state index in [1.807, 2.05) is 0 Å². The summed E-state index contributed by atoms with van der Waals surface area (Å²) in [6.07, 6.45) is -4.76. The first-order valence-corrected chi connectivity index (χ1v) is 8.90. The SMILES string of the molecule is CN(C)C(=O)CCNC(=O)Nc1ccc(NC(=O)c2ccccc2)cc1C(F)(F)F. The van der Waals surface area contributed by atoms with Crippen LogP contribution in [0.2, 0.25) is 0 Å². The van der Waals surface area contributed by atoms with Gasteiger partial charge < -0.3 is 20.9 Å². The molecule has 30 heavy (non-hydrogen) atoms. The average Bonchev–Trinajstić information content (AvgIpc) is 2.68. The molecule has 0 atom stereocenters. The number of halogens is 3. The number of benzene rings is 2. The second kappa shape index (κ2) is 9.77. The van der Waals surface area contributed by atoms with Crippen molar-refractivity contribution in [3.05, 3.63) is 59.7 Å². The largest absolute Gasteiger partial charge is 0.418 e. The normalized spacial score (nSPS) is 10.8. The van der Waals surface area contributed by atoms with Crippen LogP contribution >= 0.6 is 0 Å². The van der Waals surface area contributed by atoms with Crippen LogP contribution < -0.4 is 16.0 Å². The lowest BCUT2D eigenvalue weighted by atomic mass is 10.1. The van der Waals surface area contributed by atoms with E-state index < -0.39 is 29.4 Å². The minimum absolute atomic E-state index is 0.0109. The number of carbonyl (C=O) groups excluding carboxylic acids is 3. The molecule has 0 aliphatic heterocycles. The van der Waals surface area contributed by atoms with Gasteiger partial charge in [-0.15, -0.1) is 0 Å². The molecule has 0 aliphatic carbocycles. The number of nitrogens with zero attached hydrogens (tertiary/aromatic N) is 1. The highest BCUT2D eigenvalue weighted by molar-refractivity contribution is 6.04. The van der Waals surface area contributed by atoms with Crippen molar-refractivity contribution in [2.45, 2.75) is 12.6 Å².